The van der Waals surface area contributed by atoms with Crippen LogP contribution in [0.15, 0.2) is 27.4 Å². The van der Waals surface area contributed by atoms with Crippen molar-refractivity contribution in [2.75, 3.05) is 19.8 Å². The van der Waals surface area contributed by atoms with Crippen molar-refractivity contribution in [1.29, 1.82) is 0 Å². The molecular formula is C17H22O6. The maximum atomic E-state index is 12.0. The number of rotatable bonds is 9. The van der Waals surface area contributed by atoms with Gasteiger partial charge in [0.1, 0.15) is 17.9 Å². The van der Waals surface area contributed by atoms with Gasteiger partial charge in [-0.15, -0.1) is 0 Å². The van der Waals surface area contributed by atoms with E-state index < -0.39 is 5.63 Å². The quantitative estimate of drug-likeness (QED) is 0.545. The molecule has 0 fully saturated rings. The molecule has 1 aromatic carbocycles. The van der Waals surface area contributed by atoms with Gasteiger partial charge in [0.25, 0.3) is 0 Å². The first-order valence-electron chi connectivity index (χ1n) is 7.83. The van der Waals surface area contributed by atoms with Gasteiger partial charge < -0.3 is 24.1 Å². The minimum Gasteiger partial charge on any atom is -0.504 e. The van der Waals surface area contributed by atoms with Crippen molar-refractivity contribution in [1.82, 2.24) is 0 Å². The fourth-order valence-electron chi connectivity index (χ4n) is 2.23. The summed E-state index contributed by atoms with van der Waals surface area (Å²) in [5, 5.41) is 19.4. The van der Waals surface area contributed by atoms with Gasteiger partial charge >= 0.3 is 5.63 Å². The Morgan fingerprint density at radius 2 is 1.96 bits per heavy atom. The van der Waals surface area contributed by atoms with Crippen molar-refractivity contribution in [3.05, 3.63) is 28.6 Å². The molecule has 0 saturated heterocycles. The van der Waals surface area contributed by atoms with E-state index in [1.165, 1.54) is 6.07 Å². The van der Waals surface area contributed by atoms with Crippen LogP contribution in [0.3, 0.4) is 0 Å². The zero-order valence-corrected chi connectivity index (χ0v) is 13.2. The van der Waals surface area contributed by atoms with Crippen LogP contribution in [0.1, 0.15) is 32.6 Å². The average Bonchev–Trinajstić information content (AvgIpc) is 2.55. The molecule has 0 bridgehead atoms. The highest BCUT2D eigenvalue weighted by Gasteiger charge is 2.16. The molecule has 0 radical (unpaired) electrons. The topological polar surface area (TPSA) is 89.1 Å². The SMILES string of the molecule is CCCCCCOc1c(O)c2ccc(OCCO)cc2oc1=O. The number of hydrogen-bond donors (Lipinski definition) is 2. The Morgan fingerprint density at radius 1 is 1.13 bits per heavy atom. The number of hydrogen-bond acceptors (Lipinski definition) is 6. The van der Waals surface area contributed by atoms with Crippen LogP contribution in [0.5, 0.6) is 17.2 Å². The molecule has 1 aromatic heterocycles. The molecule has 0 spiro atoms. The van der Waals surface area contributed by atoms with Crippen molar-refractivity contribution in [2.24, 2.45) is 0 Å². The first-order valence-corrected chi connectivity index (χ1v) is 7.83. The van der Waals surface area contributed by atoms with Gasteiger partial charge in [0, 0.05) is 6.07 Å². The highest BCUT2D eigenvalue weighted by Crippen LogP contribution is 2.33. The minimum absolute atomic E-state index is 0.113. The molecule has 6 heteroatoms. The number of aliphatic hydroxyl groups is 1. The predicted octanol–water partition coefficient (Wildman–Crippen LogP) is 2.83. The summed E-state index contributed by atoms with van der Waals surface area (Å²) in [5.41, 5.74) is -0.508. The number of aromatic hydroxyl groups is 1. The Hall–Kier alpha value is -2.21. The van der Waals surface area contributed by atoms with Crippen LogP contribution in [0.4, 0.5) is 0 Å². The molecule has 1 heterocycles. The van der Waals surface area contributed by atoms with E-state index in [0.717, 1.165) is 25.7 Å². The van der Waals surface area contributed by atoms with Crippen molar-refractivity contribution in [3.63, 3.8) is 0 Å². The number of unbranched alkanes of at least 4 members (excludes halogenated alkanes) is 3. The van der Waals surface area contributed by atoms with E-state index in [2.05, 4.69) is 6.92 Å². The minimum atomic E-state index is -0.718. The number of aliphatic hydroxyl groups excluding tert-OH is 1. The van der Waals surface area contributed by atoms with Crippen LogP contribution >= 0.6 is 0 Å². The van der Waals surface area contributed by atoms with Gasteiger partial charge in [-0.1, -0.05) is 26.2 Å². The normalized spacial score (nSPS) is 10.9. The maximum absolute atomic E-state index is 12.0. The molecule has 2 N–H and O–H groups in total. The summed E-state index contributed by atoms with van der Waals surface area (Å²) in [5.74, 6) is 0.0702. The molecule has 0 saturated carbocycles. The zero-order valence-electron chi connectivity index (χ0n) is 13.2. The molecule has 0 amide bonds. The van der Waals surface area contributed by atoms with Gasteiger partial charge in [0.05, 0.1) is 18.6 Å². The summed E-state index contributed by atoms with van der Waals surface area (Å²) in [6.45, 7) is 2.50. The fraction of sp³-hybridized carbons (Fsp3) is 0.471. The smallest absolute Gasteiger partial charge is 0.383 e. The molecule has 2 rings (SSSR count). The van der Waals surface area contributed by atoms with Crippen LogP contribution in [0.25, 0.3) is 11.0 Å². The van der Waals surface area contributed by atoms with Crippen LogP contribution in [-0.4, -0.2) is 30.0 Å². The maximum Gasteiger partial charge on any atom is 0.383 e. The molecular weight excluding hydrogens is 300 g/mol. The van der Waals surface area contributed by atoms with Gasteiger partial charge in [-0.3, -0.25) is 0 Å². The Kier molecular flexibility index (Phi) is 6.29. The first-order chi connectivity index (χ1) is 11.2. The van der Waals surface area contributed by atoms with Crippen molar-refractivity contribution in [3.8, 4) is 17.2 Å². The summed E-state index contributed by atoms with van der Waals surface area (Å²) < 4.78 is 15.8. The number of benzene rings is 1. The van der Waals surface area contributed by atoms with Gasteiger partial charge in [0.2, 0.25) is 5.75 Å². The third-order valence-electron chi connectivity index (χ3n) is 3.42. The lowest BCUT2D eigenvalue weighted by Gasteiger charge is -2.09. The van der Waals surface area contributed by atoms with Crippen LogP contribution in [0, 0.1) is 0 Å². The summed E-state index contributed by atoms with van der Waals surface area (Å²) in [7, 11) is 0. The lowest BCUT2D eigenvalue weighted by Crippen LogP contribution is -2.09. The average molecular weight is 322 g/mol. The number of fused-ring (bicyclic) bond motifs is 1. The van der Waals surface area contributed by atoms with E-state index in [1.807, 2.05) is 0 Å². The van der Waals surface area contributed by atoms with Crippen molar-refractivity contribution in [2.45, 2.75) is 32.6 Å². The van der Waals surface area contributed by atoms with Crippen LogP contribution in [0.2, 0.25) is 0 Å². The lowest BCUT2D eigenvalue weighted by atomic mass is 10.2. The zero-order chi connectivity index (χ0) is 16.7. The van der Waals surface area contributed by atoms with Crippen molar-refractivity contribution >= 4 is 11.0 Å². The molecule has 6 nitrogen and oxygen atoms in total. The molecule has 23 heavy (non-hydrogen) atoms. The van der Waals surface area contributed by atoms with Gasteiger partial charge in [-0.05, 0) is 18.6 Å². The highest BCUT2D eigenvalue weighted by atomic mass is 16.5. The van der Waals surface area contributed by atoms with Gasteiger partial charge in [0.15, 0.2) is 5.75 Å². The van der Waals surface area contributed by atoms with Crippen molar-refractivity contribution < 1.29 is 24.1 Å². The molecule has 126 valence electrons. The second kappa shape index (κ2) is 8.43. The molecule has 2 aromatic rings. The van der Waals surface area contributed by atoms with E-state index >= 15 is 0 Å². The second-order valence-corrected chi connectivity index (χ2v) is 5.21. The van der Waals surface area contributed by atoms with Crippen LogP contribution in [-0.2, 0) is 0 Å². The Morgan fingerprint density at radius 3 is 2.70 bits per heavy atom. The molecule has 0 atom stereocenters. The Bertz CT molecular complexity index is 691. The van der Waals surface area contributed by atoms with E-state index in [-0.39, 0.29) is 30.3 Å². The Labute approximate surface area is 134 Å². The standard InChI is InChI=1S/C17H22O6/c1-2-3-4-5-9-22-16-15(19)13-7-6-12(21-10-8-18)11-14(13)23-17(16)20/h6-7,11,18-19H,2-5,8-10H2,1H3. The monoisotopic (exact) mass is 322 g/mol. The molecule has 0 aliphatic rings. The predicted molar refractivity (Wildman–Crippen MR) is 86.4 cm³/mol. The van der Waals surface area contributed by atoms with Gasteiger partial charge in [-0.2, -0.15) is 0 Å². The summed E-state index contributed by atoms with van der Waals surface area (Å²) >= 11 is 0. The first kappa shape index (κ1) is 17.1. The lowest BCUT2D eigenvalue weighted by molar-refractivity contribution is 0.201. The Balaban J connectivity index is 2.18. The summed E-state index contributed by atoms with van der Waals surface area (Å²) in [4.78, 5) is 12.0. The van der Waals surface area contributed by atoms with Crippen LogP contribution < -0.4 is 15.1 Å². The molecule has 0 unspecified atom stereocenters. The summed E-state index contributed by atoms with van der Waals surface area (Å²) in [6, 6.07) is 4.71. The third-order valence-corrected chi connectivity index (χ3v) is 3.42. The summed E-state index contributed by atoms with van der Waals surface area (Å²) in [6.07, 6.45) is 4.06. The molecule has 0 aliphatic carbocycles. The fourth-order valence-corrected chi connectivity index (χ4v) is 2.23. The van der Waals surface area contributed by atoms with E-state index in [0.29, 0.717) is 17.7 Å². The van der Waals surface area contributed by atoms with E-state index in [9.17, 15) is 9.90 Å². The van der Waals surface area contributed by atoms with Gasteiger partial charge in [-0.25, -0.2) is 4.79 Å². The third kappa shape index (κ3) is 4.39. The highest BCUT2D eigenvalue weighted by molar-refractivity contribution is 5.86. The van der Waals surface area contributed by atoms with E-state index in [1.54, 1.807) is 12.1 Å². The largest absolute Gasteiger partial charge is 0.504 e. The number of ether oxygens (including phenoxy) is 2. The second-order valence-electron chi connectivity index (χ2n) is 5.21. The molecule has 0 aliphatic heterocycles. The van der Waals surface area contributed by atoms with E-state index in [4.69, 9.17) is 19.0 Å².